The monoisotopic (exact) mass is 166 g/mol. The fourth-order valence-electron chi connectivity index (χ4n) is 0.949. The third-order valence-corrected chi connectivity index (χ3v) is 2.92. The van der Waals surface area contributed by atoms with Crippen LogP contribution in [-0.4, -0.2) is 16.5 Å². The molecule has 0 aromatic heterocycles. The van der Waals surface area contributed by atoms with E-state index in [1.807, 2.05) is 0 Å². The maximum absolute atomic E-state index is 10.6. The number of Topliss-reactive ketones (excluding diaryl/α,β-unsaturated/α-hetero) is 1. The largest absolute Gasteiger partial charge is 0.300 e. The molecule has 0 N–H and O–H groups in total. The van der Waals surface area contributed by atoms with Crippen LogP contribution in [0.2, 0.25) is 0 Å². The van der Waals surface area contributed by atoms with Crippen LogP contribution in [0.4, 0.5) is 0 Å². The van der Waals surface area contributed by atoms with Gasteiger partial charge in [0.05, 0.1) is 10.8 Å². The van der Waals surface area contributed by atoms with Crippen LogP contribution in [0, 0.1) is 5.92 Å². The summed E-state index contributed by atoms with van der Waals surface area (Å²) < 4.78 is 0. The van der Waals surface area contributed by atoms with E-state index in [1.54, 1.807) is 6.92 Å². The lowest BCUT2D eigenvalue weighted by molar-refractivity contribution is -0.122. The highest BCUT2D eigenvalue weighted by atomic mass is 35.5. The molecule has 1 nitrogen and oxygen atoms in total. The molecule has 0 amide bonds. The number of carbonyl (C=O) groups excluding carboxylic acids is 1. The van der Waals surface area contributed by atoms with Crippen LogP contribution >= 0.6 is 23.2 Å². The number of carbonyl (C=O) groups is 1. The van der Waals surface area contributed by atoms with E-state index >= 15 is 0 Å². The van der Waals surface area contributed by atoms with Crippen molar-refractivity contribution in [1.29, 1.82) is 0 Å². The van der Waals surface area contributed by atoms with Gasteiger partial charge in [-0.1, -0.05) is 0 Å². The van der Waals surface area contributed by atoms with Crippen molar-refractivity contribution < 1.29 is 4.79 Å². The molecule has 0 heterocycles. The van der Waals surface area contributed by atoms with Gasteiger partial charge in [0.2, 0.25) is 0 Å². The molecule has 3 heteroatoms. The zero-order valence-corrected chi connectivity index (χ0v) is 6.62. The standard InChI is InChI=1S/C6H8Cl2O/c1-3(9)4-2-5(7)6(4)8/h4-6H,2H2,1H3/t4-,5+,6-/m0/s1. The lowest BCUT2D eigenvalue weighted by Crippen LogP contribution is -2.42. The first-order valence-corrected chi connectivity index (χ1v) is 3.79. The first-order valence-electron chi connectivity index (χ1n) is 2.91. The summed E-state index contributed by atoms with van der Waals surface area (Å²) in [5.74, 6) is 0.182. The Labute approximate surface area is 64.3 Å². The highest BCUT2D eigenvalue weighted by Gasteiger charge is 2.40. The summed E-state index contributed by atoms with van der Waals surface area (Å²) in [6.45, 7) is 1.56. The molecule has 9 heavy (non-hydrogen) atoms. The summed E-state index contributed by atoms with van der Waals surface area (Å²) in [6.07, 6.45) is 0.755. The summed E-state index contributed by atoms with van der Waals surface area (Å²) in [5.41, 5.74) is 0. The number of hydrogen-bond donors (Lipinski definition) is 0. The first kappa shape index (κ1) is 7.36. The Hall–Kier alpha value is 0.250. The molecule has 1 saturated carbocycles. The average Bonchev–Trinajstić information content (AvgIpc) is 1.81. The molecule has 0 spiro atoms. The van der Waals surface area contributed by atoms with Crippen molar-refractivity contribution in [3.63, 3.8) is 0 Å². The quantitative estimate of drug-likeness (QED) is 0.544. The topological polar surface area (TPSA) is 17.1 Å². The Morgan fingerprint density at radius 3 is 2.22 bits per heavy atom. The maximum atomic E-state index is 10.6. The van der Waals surface area contributed by atoms with Crippen LogP contribution in [0.15, 0.2) is 0 Å². The SMILES string of the molecule is CC(=O)[C@@H]1C[C@@H](Cl)[C@H]1Cl. The van der Waals surface area contributed by atoms with Gasteiger partial charge in [-0.25, -0.2) is 0 Å². The molecule has 1 aliphatic carbocycles. The number of hydrogen-bond acceptors (Lipinski definition) is 1. The molecule has 0 aromatic carbocycles. The maximum Gasteiger partial charge on any atom is 0.134 e. The predicted molar refractivity (Wildman–Crippen MR) is 38.1 cm³/mol. The summed E-state index contributed by atoms with van der Waals surface area (Å²) in [6, 6.07) is 0. The molecule has 1 rings (SSSR count). The number of rotatable bonds is 1. The molecule has 3 atom stereocenters. The smallest absolute Gasteiger partial charge is 0.134 e. The van der Waals surface area contributed by atoms with Crippen LogP contribution in [-0.2, 0) is 4.79 Å². The van der Waals surface area contributed by atoms with E-state index in [0.29, 0.717) is 0 Å². The van der Waals surface area contributed by atoms with Crippen LogP contribution < -0.4 is 0 Å². The van der Waals surface area contributed by atoms with Gasteiger partial charge in [-0.15, -0.1) is 23.2 Å². The highest BCUT2D eigenvalue weighted by molar-refractivity contribution is 6.32. The number of halogens is 2. The van der Waals surface area contributed by atoms with E-state index in [9.17, 15) is 4.79 Å². The van der Waals surface area contributed by atoms with Crippen molar-refractivity contribution in [2.45, 2.75) is 24.1 Å². The Morgan fingerprint density at radius 1 is 1.56 bits per heavy atom. The van der Waals surface area contributed by atoms with Gasteiger partial charge in [-0.05, 0) is 13.3 Å². The molecule has 1 fully saturated rings. The Kier molecular flexibility index (Phi) is 2.02. The summed E-state index contributed by atoms with van der Waals surface area (Å²) in [4.78, 5) is 10.6. The second-order valence-electron chi connectivity index (χ2n) is 2.41. The molecule has 0 saturated heterocycles. The van der Waals surface area contributed by atoms with Gasteiger partial charge >= 0.3 is 0 Å². The Bertz CT molecular complexity index is 135. The van der Waals surface area contributed by atoms with Gasteiger partial charge in [0.25, 0.3) is 0 Å². The Morgan fingerprint density at radius 2 is 2.11 bits per heavy atom. The minimum Gasteiger partial charge on any atom is -0.300 e. The van der Waals surface area contributed by atoms with E-state index in [-0.39, 0.29) is 22.5 Å². The van der Waals surface area contributed by atoms with E-state index in [4.69, 9.17) is 23.2 Å². The van der Waals surface area contributed by atoms with Crippen molar-refractivity contribution in [2.24, 2.45) is 5.92 Å². The minimum absolute atomic E-state index is 0.0144. The van der Waals surface area contributed by atoms with Gasteiger partial charge in [-0.3, -0.25) is 4.79 Å². The van der Waals surface area contributed by atoms with Crippen LogP contribution in [0.5, 0.6) is 0 Å². The molecule has 52 valence electrons. The lowest BCUT2D eigenvalue weighted by atomic mass is 9.81. The molecule has 0 unspecified atom stereocenters. The van der Waals surface area contributed by atoms with E-state index in [0.717, 1.165) is 6.42 Å². The second-order valence-corrected chi connectivity index (χ2v) is 3.48. The van der Waals surface area contributed by atoms with E-state index in [2.05, 4.69) is 0 Å². The van der Waals surface area contributed by atoms with Gasteiger partial charge in [-0.2, -0.15) is 0 Å². The van der Waals surface area contributed by atoms with E-state index < -0.39 is 0 Å². The van der Waals surface area contributed by atoms with Gasteiger partial charge in [0.1, 0.15) is 5.78 Å². The molecule has 0 aliphatic heterocycles. The van der Waals surface area contributed by atoms with Crippen molar-refractivity contribution in [1.82, 2.24) is 0 Å². The van der Waals surface area contributed by atoms with E-state index in [1.165, 1.54) is 0 Å². The average molecular weight is 167 g/mol. The minimum atomic E-state index is -0.121. The van der Waals surface area contributed by atoms with Gasteiger partial charge in [0.15, 0.2) is 0 Å². The Balaban J connectivity index is 2.42. The molecular formula is C6H8Cl2O. The molecule has 0 radical (unpaired) electrons. The second kappa shape index (κ2) is 2.47. The predicted octanol–water partition coefficient (Wildman–Crippen LogP) is 1.81. The molecular weight excluding hydrogens is 159 g/mol. The van der Waals surface area contributed by atoms with Crippen LogP contribution in [0.1, 0.15) is 13.3 Å². The van der Waals surface area contributed by atoms with Gasteiger partial charge in [0, 0.05) is 5.92 Å². The van der Waals surface area contributed by atoms with Crippen molar-refractivity contribution >= 4 is 29.0 Å². The third kappa shape index (κ3) is 1.22. The first-order chi connectivity index (χ1) is 4.13. The van der Waals surface area contributed by atoms with Crippen molar-refractivity contribution in [3.8, 4) is 0 Å². The van der Waals surface area contributed by atoms with Crippen LogP contribution in [0.3, 0.4) is 0 Å². The number of alkyl halides is 2. The highest BCUT2D eigenvalue weighted by Crippen LogP contribution is 2.37. The fraction of sp³-hybridized carbons (Fsp3) is 0.833. The third-order valence-electron chi connectivity index (χ3n) is 1.73. The summed E-state index contributed by atoms with van der Waals surface area (Å²) in [7, 11) is 0. The zero-order chi connectivity index (χ0) is 7.02. The van der Waals surface area contributed by atoms with Gasteiger partial charge < -0.3 is 0 Å². The van der Waals surface area contributed by atoms with Crippen LogP contribution in [0.25, 0.3) is 0 Å². The lowest BCUT2D eigenvalue weighted by Gasteiger charge is -2.34. The summed E-state index contributed by atoms with van der Waals surface area (Å²) in [5, 5.41) is -0.107. The molecule has 0 aromatic rings. The summed E-state index contributed by atoms with van der Waals surface area (Å²) >= 11 is 11.4. The molecule has 0 bridgehead atoms. The van der Waals surface area contributed by atoms with Crippen molar-refractivity contribution in [3.05, 3.63) is 0 Å². The van der Waals surface area contributed by atoms with Crippen molar-refractivity contribution in [2.75, 3.05) is 0 Å². The fourth-order valence-corrected chi connectivity index (χ4v) is 1.70. The normalized spacial score (nSPS) is 41.9. The number of ketones is 1. The zero-order valence-electron chi connectivity index (χ0n) is 5.10. The molecule has 1 aliphatic rings.